The lowest BCUT2D eigenvalue weighted by atomic mass is 9.91. The summed E-state index contributed by atoms with van der Waals surface area (Å²) < 4.78 is 0. The van der Waals surface area contributed by atoms with Crippen LogP contribution in [0.1, 0.15) is 54.9 Å². The van der Waals surface area contributed by atoms with Gasteiger partial charge in [-0.1, -0.05) is 26.2 Å². The number of carbonyl (C=O) groups is 1. The molecule has 106 valence electrons. The normalized spacial score (nSPS) is 15.9. The summed E-state index contributed by atoms with van der Waals surface area (Å²) in [7, 11) is 0. The van der Waals surface area contributed by atoms with Gasteiger partial charge in [0.15, 0.2) is 0 Å². The molecule has 0 unspecified atom stereocenters. The number of hydrogen-bond acceptors (Lipinski definition) is 2. The number of unbranched alkanes of at least 4 members (excludes halogenated alkanes) is 1. The third-order valence-electron chi connectivity index (χ3n) is 4.13. The summed E-state index contributed by atoms with van der Waals surface area (Å²) in [6.07, 6.45) is 6.11. The second kappa shape index (κ2) is 7.09. The number of piperidine rings is 1. The van der Waals surface area contributed by atoms with Crippen LogP contribution in [-0.2, 0) is 0 Å². The average molecular weight is 270 g/mol. The Morgan fingerprint density at radius 2 is 1.95 bits per heavy atom. The molecular weight excluding hydrogens is 248 g/mol. The third kappa shape index (κ3) is 3.60. The van der Waals surface area contributed by atoms with Gasteiger partial charge in [-0.2, -0.15) is 5.26 Å². The molecule has 1 amide bonds. The number of nitrogens with zero attached hydrogens (tertiary/aromatic N) is 2. The lowest BCUT2D eigenvalue weighted by Crippen LogP contribution is -2.38. The van der Waals surface area contributed by atoms with Crippen LogP contribution in [0, 0.1) is 17.2 Å². The molecule has 1 saturated heterocycles. The molecule has 1 heterocycles. The molecule has 0 N–H and O–H groups in total. The summed E-state index contributed by atoms with van der Waals surface area (Å²) in [5, 5.41) is 8.77. The summed E-state index contributed by atoms with van der Waals surface area (Å²) in [4.78, 5) is 14.3. The maximum absolute atomic E-state index is 12.4. The zero-order valence-electron chi connectivity index (χ0n) is 12.1. The van der Waals surface area contributed by atoms with Crippen molar-refractivity contribution in [1.82, 2.24) is 4.90 Å². The van der Waals surface area contributed by atoms with E-state index >= 15 is 0 Å². The van der Waals surface area contributed by atoms with E-state index in [0.29, 0.717) is 11.1 Å². The molecule has 1 aliphatic heterocycles. The van der Waals surface area contributed by atoms with Crippen LogP contribution in [0.25, 0.3) is 0 Å². The minimum absolute atomic E-state index is 0.100. The van der Waals surface area contributed by atoms with E-state index in [2.05, 4.69) is 13.0 Å². The van der Waals surface area contributed by atoms with Gasteiger partial charge in [0.2, 0.25) is 0 Å². The molecule has 0 saturated carbocycles. The van der Waals surface area contributed by atoms with Crippen LogP contribution in [0.3, 0.4) is 0 Å². The molecule has 3 heteroatoms. The van der Waals surface area contributed by atoms with E-state index in [-0.39, 0.29) is 5.91 Å². The van der Waals surface area contributed by atoms with Gasteiger partial charge in [0.25, 0.3) is 5.91 Å². The highest BCUT2D eigenvalue weighted by molar-refractivity contribution is 5.94. The Morgan fingerprint density at radius 3 is 2.50 bits per heavy atom. The highest BCUT2D eigenvalue weighted by Gasteiger charge is 2.23. The molecule has 0 aliphatic carbocycles. The van der Waals surface area contributed by atoms with Crippen LogP contribution in [0.2, 0.25) is 0 Å². The van der Waals surface area contributed by atoms with E-state index in [1.165, 1.54) is 19.3 Å². The number of nitriles is 1. The maximum Gasteiger partial charge on any atom is 0.253 e. The molecular formula is C17H22N2O. The van der Waals surface area contributed by atoms with Crippen LogP contribution in [0.4, 0.5) is 0 Å². The van der Waals surface area contributed by atoms with E-state index in [1.807, 2.05) is 4.90 Å². The Balaban J connectivity index is 1.89. The smallest absolute Gasteiger partial charge is 0.253 e. The first-order valence-electron chi connectivity index (χ1n) is 7.54. The highest BCUT2D eigenvalue weighted by atomic mass is 16.2. The van der Waals surface area contributed by atoms with Gasteiger partial charge in [-0.15, -0.1) is 0 Å². The van der Waals surface area contributed by atoms with Gasteiger partial charge < -0.3 is 4.90 Å². The van der Waals surface area contributed by atoms with Gasteiger partial charge in [-0.3, -0.25) is 4.79 Å². The Kier molecular flexibility index (Phi) is 5.17. The first-order chi connectivity index (χ1) is 9.74. The number of amides is 1. The number of likely N-dealkylation sites (tertiary alicyclic amines) is 1. The summed E-state index contributed by atoms with van der Waals surface area (Å²) >= 11 is 0. The Labute approximate surface area is 121 Å². The van der Waals surface area contributed by atoms with E-state index in [9.17, 15) is 4.79 Å². The van der Waals surface area contributed by atoms with Crippen LogP contribution >= 0.6 is 0 Å². The second-order valence-corrected chi connectivity index (χ2v) is 5.57. The first kappa shape index (κ1) is 14.6. The fourth-order valence-electron chi connectivity index (χ4n) is 2.79. The van der Waals surface area contributed by atoms with Gasteiger partial charge in [0, 0.05) is 18.7 Å². The monoisotopic (exact) mass is 270 g/mol. The summed E-state index contributed by atoms with van der Waals surface area (Å²) in [5.41, 5.74) is 1.29. The van der Waals surface area contributed by atoms with Crippen LogP contribution in [-0.4, -0.2) is 23.9 Å². The first-order valence-corrected chi connectivity index (χ1v) is 7.54. The number of hydrogen-bond donors (Lipinski definition) is 0. The molecule has 1 fully saturated rings. The van der Waals surface area contributed by atoms with Crippen molar-refractivity contribution in [1.29, 1.82) is 5.26 Å². The van der Waals surface area contributed by atoms with Crippen molar-refractivity contribution < 1.29 is 4.79 Å². The van der Waals surface area contributed by atoms with Gasteiger partial charge in [-0.05, 0) is 43.0 Å². The lowest BCUT2D eigenvalue weighted by molar-refractivity contribution is 0.0686. The number of benzene rings is 1. The highest BCUT2D eigenvalue weighted by Crippen LogP contribution is 2.23. The molecule has 1 aromatic carbocycles. The standard InChI is InChI=1S/C17H22N2O/c1-2-3-4-14-9-11-19(12-10-14)17(20)16-7-5-15(13-18)6-8-16/h5-8,14H,2-4,9-12H2,1H3. The van der Waals surface area contributed by atoms with Gasteiger partial charge in [0.05, 0.1) is 11.6 Å². The Morgan fingerprint density at radius 1 is 1.30 bits per heavy atom. The Bertz CT molecular complexity index is 479. The molecule has 0 atom stereocenters. The predicted molar refractivity (Wildman–Crippen MR) is 79.3 cm³/mol. The van der Waals surface area contributed by atoms with Crippen molar-refractivity contribution in [2.45, 2.75) is 39.0 Å². The van der Waals surface area contributed by atoms with Gasteiger partial charge in [0.1, 0.15) is 0 Å². The van der Waals surface area contributed by atoms with Gasteiger partial charge in [-0.25, -0.2) is 0 Å². The predicted octanol–water partition coefficient (Wildman–Crippen LogP) is 3.60. The fraction of sp³-hybridized carbons (Fsp3) is 0.529. The van der Waals surface area contributed by atoms with Crippen molar-refractivity contribution in [3.63, 3.8) is 0 Å². The van der Waals surface area contributed by atoms with Crippen LogP contribution in [0.15, 0.2) is 24.3 Å². The van der Waals surface area contributed by atoms with E-state index in [1.54, 1.807) is 24.3 Å². The average Bonchev–Trinajstić information content (AvgIpc) is 2.53. The molecule has 2 rings (SSSR count). The fourth-order valence-corrected chi connectivity index (χ4v) is 2.79. The zero-order valence-corrected chi connectivity index (χ0v) is 12.1. The zero-order chi connectivity index (χ0) is 14.4. The molecule has 0 bridgehead atoms. The van der Waals surface area contributed by atoms with Crippen molar-refractivity contribution >= 4 is 5.91 Å². The molecule has 3 nitrogen and oxygen atoms in total. The van der Waals surface area contributed by atoms with Gasteiger partial charge >= 0.3 is 0 Å². The maximum atomic E-state index is 12.4. The van der Waals surface area contributed by atoms with Crippen LogP contribution in [0.5, 0.6) is 0 Å². The molecule has 0 radical (unpaired) electrons. The molecule has 1 aromatic rings. The minimum Gasteiger partial charge on any atom is -0.339 e. The van der Waals surface area contributed by atoms with Crippen molar-refractivity contribution in [2.75, 3.05) is 13.1 Å². The van der Waals surface area contributed by atoms with E-state index in [4.69, 9.17) is 5.26 Å². The third-order valence-corrected chi connectivity index (χ3v) is 4.13. The molecule has 0 spiro atoms. The van der Waals surface area contributed by atoms with Crippen LogP contribution < -0.4 is 0 Å². The lowest BCUT2D eigenvalue weighted by Gasteiger charge is -2.32. The molecule has 1 aliphatic rings. The topological polar surface area (TPSA) is 44.1 Å². The number of rotatable bonds is 4. The Hall–Kier alpha value is -1.82. The second-order valence-electron chi connectivity index (χ2n) is 5.57. The summed E-state index contributed by atoms with van der Waals surface area (Å²) in [6, 6.07) is 9.00. The van der Waals surface area contributed by atoms with E-state index < -0.39 is 0 Å². The molecule has 0 aromatic heterocycles. The van der Waals surface area contributed by atoms with Crippen molar-refractivity contribution in [3.8, 4) is 6.07 Å². The minimum atomic E-state index is 0.100. The molecule has 20 heavy (non-hydrogen) atoms. The SMILES string of the molecule is CCCCC1CCN(C(=O)c2ccc(C#N)cc2)CC1. The van der Waals surface area contributed by atoms with Crippen molar-refractivity contribution in [3.05, 3.63) is 35.4 Å². The summed E-state index contributed by atoms with van der Waals surface area (Å²) in [5.74, 6) is 0.892. The number of carbonyl (C=O) groups excluding carboxylic acids is 1. The largest absolute Gasteiger partial charge is 0.339 e. The quantitative estimate of drug-likeness (QED) is 0.839. The van der Waals surface area contributed by atoms with Crippen molar-refractivity contribution in [2.24, 2.45) is 5.92 Å². The summed E-state index contributed by atoms with van der Waals surface area (Å²) in [6.45, 7) is 3.96. The van der Waals surface area contributed by atoms with E-state index in [0.717, 1.165) is 31.8 Å².